The summed E-state index contributed by atoms with van der Waals surface area (Å²) in [6.07, 6.45) is -4.01. The zero-order chi connectivity index (χ0) is 25.1. The van der Waals surface area contributed by atoms with Crippen LogP contribution in [-0.2, 0) is 10.7 Å². The lowest BCUT2D eigenvalue weighted by molar-refractivity contribution is -0.137. The summed E-state index contributed by atoms with van der Waals surface area (Å²) in [6, 6.07) is 9.60. The quantitative estimate of drug-likeness (QED) is 0.408. The summed E-state index contributed by atoms with van der Waals surface area (Å²) in [6.45, 7) is 3.30. The molecule has 0 saturated heterocycles. The predicted octanol–water partition coefficient (Wildman–Crippen LogP) is 5.26. The molecule has 0 aliphatic heterocycles. The molecule has 0 spiro atoms. The summed E-state index contributed by atoms with van der Waals surface area (Å²) in [7, 11) is 1.78. The zero-order valence-corrected chi connectivity index (χ0v) is 20.0. The Hall–Kier alpha value is -3.46. The van der Waals surface area contributed by atoms with E-state index in [1.165, 1.54) is 33.5 Å². The first-order valence-corrected chi connectivity index (χ1v) is 12.5. The van der Waals surface area contributed by atoms with Crippen LogP contribution in [0.2, 0.25) is 0 Å². The maximum absolute atomic E-state index is 13.6. The van der Waals surface area contributed by atoms with Crippen molar-refractivity contribution in [2.75, 3.05) is 45.3 Å². The van der Waals surface area contributed by atoms with Gasteiger partial charge < -0.3 is 29.4 Å². The van der Waals surface area contributed by atoms with Gasteiger partial charge in [0.1, 0.15) is 18.5 Å². The molecular formula is C22H24F3N4O4P. The summed E-state index contributed by atoms with van der Waals surface area (Å²) in [5.74, 6) is 0.280. The van der Waals surface area contributed by atoms with Crippen LogP contribution in [0.15, 0.2) is 42.6 Å². The molecule has 182 valence electrons. The maximum atomic E-state index is 13.6. The third-order valence-electron chi connectivity index (χ3n) is 4.77. The fraction of sp³-hybridized carbons (Fsp3) is 0.273. The van der Waals surface area contributed by atoms with Crippen LogP contribution in [0.1, 0.15) is 5.56 Å². The molecular weight excluding hydrogens is 472 g/mol. The van der Waals surface area contributed by atoms with Gasteiger partial charge >= 0.3 is 6.18 Å². The average molecular weight is 496 g/mol. The fourth-order valence-corrected chi connectivity index (χ4v) is 3.93. The van der Waals surface area contributed by atoms with E-state index < -0.39 is 24.7 Å². The van der Waals surface area contributed by atoms with E-state index in [0.717, 1.165) is 0 Å². The highest BCUT2D eigenvalue weighted by atomic mass is 31.2. The lowest BCUT2D eigenvalue weighted by atomic mass is 10.2. The molecule has 0 radical (unpaired) electrons. The Bertz CT molecular complexity index is 1190. The Kier molecular flexibility index (Phi) is 7.26. The van der Waals surface area contributed by atoms with Gasteiger partial charge in [0.05, 0.1) is 21.3 Å². The minimum atomic E-state index is -4.70. The number of methoxy groups -OCH3 is 3. The molecule has 12 heteroatoms. The second kappa shape index (κ2) is 9.80. The number of halogens is 3. The number of benzene rings is 2. The number of hydrogen-bond acceptors (Lipinski definition) is 8. The summed E-state index contributed by atoms with van der Waals surface area (Å²) in [5.41, 5.74) is -0.300. The standard InChI is InChI=1S/C22H24F3N4O4P/c1-31-17-10-14(11-18(32-2)19(17)33-3)27-20-16(22(23,24)25)12-26-21(29-20)28-13-6-8-15(9-7-13)34(4,5)30/h6-12H,1-5H3,(H2,26,27,28,29). The van der Waals surface area contributed by atoms with Crippen LogP contribution < -0.4 is 30.1 Å². The van der Waals surface area contributed by atoms with Gasteiger partial charge in [0, 0.05) is 35.0 Å². The van der Waals surface area contributed by atoms with Crippen molar-refractivity contribution >= 4 is 35.6 Å². The van der Waals surface area contributed by atoms with Crippen molar-refractivity contribution in [2.45, 2.75) is 6.18 Å². The number of anilines is 4. The van der Waals surface area contributed by atoms with E-state index in [4.69, 9.17) is 14.2 Å². The number of nitrogens with one attached hydrogen (secondary N) is 2. The Morgan fingerprint density at radius 3 is 1.94 bits per heavy atom. The lowest BCUT2D eigenvalue weighted by Gasteiger charge is -2.17. The first-order chi connectivity index (χ1) is 16.0. The van der Waals surface area contributed by atoms with Crippen LogP contribution in [0.4, 0.5) is 36.3 Å². The van der Waals surface area contributed by atoms with Gasteiger partial charge in [-0.15, -0.1) is 0 Å². The summed E-state index contributed by atoms with van der Waals surface area (Å²) in [4.78, 5) is 7.84. The van der Waals surface area contributed by atoms with E-state index in [9.17, 15) is 17.7 Å². The number of alkyl halides is 3. The summed E-state index contributed by atoms with van der Waals surface area (Å²) in [5, 5.41) is 6.21. The normalized spacial score (nSPS) is 11.6. The van der Waals surface area contributed by atoms with E-state index >= 15 is 0 Å². The molecule has 0 fully saturated rings. The number of ether oxygens (including phenoxy) is 3. The van der Waals surface area contributed by atoms with Crippen molar-refractivity contribution in [1.29, 1.82) is 0 Å². The van der Waals surface area contributed by atoms with Crippen molar-refractivity contribution in [2.24, 2.45) is 0 Å². The first-order valence-electron chi connectivity index (χ1n) is 9.90. The highest BCUT2D eigenvalue weighted by Gasteiger charge is 2.35. The van der Waals surface area contributed by atoms with Crippen LogP contribution in [0.3, 0.4) is 0 Å². The van der Waals surface area contributed by atoms with Gasteiger partial charge in [-0.1, -0.05) is 0 Å². The smallest absolute Gasteiger partial charge is 0.421 e. The second-order valence-electron chi connectivity index (χ2n) is 7.52. The third kappa shape index (κ3) is 5.72. The molecule has 0 aliphatic rings. The Balaban J connectivity index is 1.98. The van der Waals surface area contributed by atoms with E-state index in [1.54, 1.807) is 37.6 Å². The molecule has 3 rings (SSSR count). The van der Waals surface area contributed by atoms with Gasteiger partial charge in [-0.3, -0.25) is 0 Å². The topological polar surface area (TPSA) is 94.6 Å². The minimum Gasteiger partial charge on any atom is -0.493 e. The molecule has 8 nitrogen and oxygen atoms in total. The van der Waals surface area contributed by atoms with Gasteiger partial charge in [-0.2, -0.15) is 18.2 Å². The van der Waals surface area contributed by atoms with Gasteiger partial charge in [0.25, 0.3) is 0 Å². The minimum absolute atomic E-state index is 0.0631. The van der Waals surface area contributed by atoms with Crippen LogP contribution in [0, 0.1) is 0 Å². The zero-order valence-electron chi connectivity index (χ0n) is 19.1. The largest absolute Gasteiger partial charge is 0.493 e. The molecule has 2 N–H and O–H groups in total. The van der Waals surface area contributed by atoms with Crippen LogP contribution in [0.25, 0.3) is 0 Å². The van der Waals surface area contributed by atoms with Gasteiger partial charge in [0.2, 0.25) is 11.7 Å². The molecule has 1 aromatic heterocycles. The first kappa shape index (κ1) is 25.2. The molecule has 0 unspecified atom stereocenters. The second-order valence-corrected chi connectivity index (χ2v) is 10.7. The maximum Gasteiger partial charge on any atom is 0.421 e. The number of hydrogen-bond donors (Lipinski definition) is 2. The monoisotopic (exact) mass is 496 g/mol. The summed E-state index contributed by atoms with van der Waals surface area (Å²) < 4.78 is 68.9. The van der Waals surface area contributed by atoms with E-state index in [1.807, 2.05) is 0 Å². The number of nitrogens with zero attached hydrogens (tertiary/aromatic N) is 2. The molecule has 0 bridgehead atoms. The van der Waals surface area contributed by atoms with Crippen LogP contribution >= 0.6 is 7.14 Å². The molecule has 1 heterocycles. The SMILES string of the molecule is COc1cc(Nc2nc(Nc3ccc(P(C)(C)=O)cc3)ncc2C(F)(F)F)cc(OC)c1OC. The number of rotatable bonds is 8. The molecule has 34 heavy (non-hydrogen) atoms. The summed E-state index contributed by atoms with van der Waals surface area (Å²) >= 11 is 0. The molecule has 2 aromatic carbocycles. The van der Waals surface area contributed by atoms with E-state index in [-0.39, 0.29) is 23.1 Å². The Morgan fingerprint density at radius 2 is 1.47 bits per heavy atom. The van der Waals surface area contributed by atoms with Crippen molar-refractivity contribution in [3.63, 3.8) is 0 Å². The molecule has 0 amide bonds. The molecule has 3 aromatic rings. The Labute approximate surface area is 194 Å². The van der Waals surface area contributed by atoms with Crippen molar-refractivity contribution in [1.82, 2.24) is 9.97 Å². The highest BCUT2D eigenvalue weighted by Crippen LogP contribution is 2.42. The third-order valence-corrected chi connectivity index (χ3v) is 6.31. The predicted molar refractivity (Wildman–Crippen MR) is 125 cm³/mol. The number of aromatic nitrogens is 2. The van der Waals surface area contributed by atoms with E-state index in [0.29, 0.717) is 22.9 Å². The van der Waals surface area contributed by atoms with Crippen molar-refractivity contribution in [3.05, 3.63) is 48.2 Å². The van der Waals surface area contributed by atoms with Gasteiger partial charge in [-0.25, -0.2) is 4.98 Å². The van der Waals surface area contributed by atoms with E-state index in [2.05, 4.69) is 20.6 Å². The lowest BCUT2D eigenvalue weighted by Crippen LogP contribution is -2.13. The highest BCUT2D eigenvalue weighted by molar-refractivity contribution is 7.70. The van der Waals surface area contributed by atoms with Gasteiger partial charge in [-0.05, 0) is 37.6 Å². The van der Waals surface area contributed by atoms with Crippen molar-refractivity contribution in [3.8, 4) is 17.2 Å². The van der Waals surface area contributed by atoms with Crippen LogP contribution in [-0.4, -0.2) is 44.6 Å². The molecule has 0 atom stereocenters. The molecule has 0 saturated carbocycles. The van der Waals surface area contributed by atoms with Gasteiger partial charge in [0.15, 0.2) is 11.5 Å². The fourth-order valence-electron chi connectivity index (χ4n) is 3.07. The van der Waals surface area contributed by atoms with Crippen molar-refractivity contribution < 1.29 is 31.9 Å². The average Bonchev–Trinajstić information content (AvgIpc) is 2.77. The Morgan fingerprint density at radius 1 is 0.882 bits per heavy atom. The van der Waals surface area contributed by atoms with Crippen LogP contribution in [0.5, 0.6) is 17.2 Å². The molecule has 0 aliphatic carbocycles.